The van der Waals surface area contributed by atoms with Gasteiger partial charge in [0.2, 0.25) is 0 Å². The van der Waals surface area contributed by atoms with Gasteiger partial charge in [0.25, 0.3) is 0 Å². The summed E-state index contributed by atoms with van der Waals surface area (Å²) in [5, 5.41) is 0. The SMILES string of the molecule is CC(C)(C)OCCN1CCCCC1C=O. The molecule has 1 aliphatic rings. The summed E-state index contributed by atoms with van der Waals surface area (Å²) >= 11 is 0. The molecule has 1 atom stereocenters. The van der Waals surface area contributed by atoms with E-state index in [-0.39, 0.29) is 11.6 Å². The van der Waals surface area contributed by atoms with Crippen LogP contribution in [0, 0.1) is 0 Å². The molecular formula is C12H23NO2. The van der Waals surface area contributed by atoms with Crippen LogP contribution in [0.5, 0.6) is 0 Å². The molecule has 15 heavy (non-hydrogen) atoms. The van der Waals surface area contributed by atoms with E-state index in [1.807, 2.05) is 0 Å². The standard InChI is InChI=1S/C12H23NO2/c1-12(2,3)15-9-8-13-7-5-4-6-11(13)10-14/h10-11H,4-9H2,1-3H3. The lowest BCUT2D eigenvalue weighted by Crippen LogP contribution is -2.43. The zero-order valence-corrected chi connectivity index (χ0v) is 10.2. The van der Waals surface area contributed by atoms with E-state index in [1.165, 1.54) is 12.8 Å². The van der Waals surface area contributed by atoms with Crippen LogP contribution in [0.2, 0.25) is 0 Å². The fraction of sp³-hybridized carbons (Fsp3) is 0.917. The summed E-state index contributed by atoms with van der Waals surface area (Å²) in [6.07, 6.45) is 4.48. The van der Waals surface area contributed by atoms with Crippen LogP contribution >= 0.6 is 0 Å². The molecule has 88 valence electrons. The first kappa shape index (κ1) is 12.7. The van der Waals surface area contributed by atoms with Crippen LogP contribution < -0.4 is 0 Å². The second-order valence-electron chi connectivity index (χ2n) is 5.20. The van der Waals surface area contributed by atoms with E-state index in [4.69, 9.17) is 4.74 Å². The van der Waals surface area contributed by atoms with Gasteiger partial charge in [0, 0.05) is 6.54 Å². The predicted octanol–water partition coefficient (Wildman–Crippen LogP) is 1.85. The highest BCUT2D eigenvalue weighted by molar-refractivity contribution is 5.57. The Morgan fingerprint density at radius 1 is 1.40 bits per heavy atom. The van der Waals surface area contributed by atoms with Crippen molar-refractivity contribution < 1.29 is 9.53 Å². The Morgan fingerprint density at radius 2 is 2.13 bits per heavy atom. The van der Waals surface area contributed by atoms with Gasteiger partial charge in [0.05, 0.1) is 18.2 Å². The van der Waals surface area contributed by atoms with Gasteiger partial charge in [-0.15, -0.1) is 0 Å². The van der Waals surface area contributed by atoms with Crippen molar-refractivity contribution in [2.75, 3.05) is 19.7 Å². The summed E-state index contributed by atoms with van der Waals surface area (Å²) < 4.78 is 5.67. The lowest BCUT2D eigenvalue weighted by atomic mass is 10.0. The van der Waals surface area contributed by atoms with Crippen molar-refractivity contribution in [2.45, 2.75) is 51.7 Å². The minimum Gasteiger partial charge on any atom is -0.375 e. The lowest BCUT2D eigenvalue weighted by Gasteiger charge is -2.33. The molecule has 0 saturated carbocycles. The number of piperidine rings is 1. The molecule has 1 unspecified atom stereocenters. The van der Waals surface area contributed by atoms with E-state index in [2.05, 4.69) is 25.7 Å². The first-order valence-corrected chi connectivity index (χ1v) is 5.86. The van der Waals surface area contributed by atoms with Gasteiger partial charge < -0.3 is 9.53 Å². The second kappa shape index (κ2) is 5.61. The average Bonchev–Trinajstić information content (AvgIpc) is 2.16. The molecule has 1 rings (SSSR count). The van der Waals surface area contributed by atoms with Gasteiger partial charge in [-0.1, -0.05) is 6.42 Å². The summed E-state index contributed by atoms with van der Waals surface area (Å²) in [6, 6.07) is 0.127. The van der Waals surface area contributed by atoms with Crippen molar-refractivity contribution in [3.8, 4) is 0 Å². The molecule has 1 heterocycles. The maximum absolute atomic E-state index is 10.8. The summed E-state index contributed by atoms with van der Waals surface area (Å²) in [6.45, 7) is 8.80. The third-order valence-corrected chi connectivity index (χ3v) is 2.73. The van der Waals surface area contributed by atoms with E-state index in [0.29, 0.717) is 6.61 Å². The Balaban J connectivity index is 2.26. The van der Waals surface area contributed by atoms with E-state index in [0.717, 1.165) is 25.8 Å². The minimum atomic E-state index is -0.0769. The van der Waals surface area contributed by atoms with Crippen molar-refractivity contribution in [1.29, 1.82) is 0 Å². The molecule has 0 aromatic heterocycles. The van der Waals surface area contributed by atoms with E-state index >= 15 is 0 Å². The molecule has 0 bridgehead atoms. The first-order chi connectivity index (χ1) is 7.03. The number of aldehydes is 1. The Kier molecular flexibility index (Phi) is 4.74. The molecule has 1 aliphatic heterocycles. The molecule has 3 nitrogen and oxygen atoms in total. The van der Waals surface area contributed by atoms with Crippen molar-refractivity contribution in [2.24, 2.45) is 0 Å². The third-order valence-electron chi connectivity index (χ3n) is 2.73. The highest BCUT2D eigenvalue weighted by atomic mass is 16.5. The lowest BCUT2D eigenvalue weighted by molar-refractivity contribution is -0.114. The van der Waals surface area contributed by atoms with Crippen LogP contribution in [0.1, 0.15) is 40.0 Å². The molecular weight excluding hydrogens is 190 g/mol. The number of carbonyl (C=O) groups excluding carboxylic acids is 1. The number of nitrogens with zero attached hydrogens (tertiary/aromatic N) is 1. The van der Waals surface area contributed by atoms with E-state index in [1.54, 1.807) is 0 Å². The topological polar surface area (TPSA) is 29.5 Å². The van der Waals surface area contributed by atoms with Crippen LogP contribution in [-0.4, -0.2) is 42.5 Å². The molecule has 0 amide bonds. The monoisotopic (exact) mass is 213 g/mol. The van der Waals surface area contributed by atoms with Crippen molar-refractivity contribution in [3.63, 3.8) is 0 Å². The van der Waals surface area contributed by atoms with Gasteiger partial charge >= 0.3 is 0 Å². The second-order valence-corrected chi connectivity index (χ2v) is 5.20. The molecule has 0 radical (unpaired) electrons. The largest absolute Gasteiger partial charge is 0.375 e. The summed E-state index contributed by atoms with van der Waals surface area (Å²) in [4.78, 5) is 13.1. The molecule has 1 saturated heterocycles. The third kappa shape index (κ3) is 4.76. The molecule has 0 aromatic carbocycles. The Labute approximate surface area is 92.8 Å². The molecule has 0 aromatic rings. The van der Waals surface area contributed by atoms with Gasteiger partial charge in [-0.05, 0) is 40.2 Å². The number of rotatable bonds is 4. The van der Waals surface area contributed by atoms with E-state index < -0.39 is 0 Å². The van der Waals surface area contributed by atoms with Gasteiger partial charge in [0.15, 0.2) is 0 Å². The number of hydrogen-bond donors (Lipinski definition) is 0. The van der Waals surface area contributed by atoms with Gasteiger partial charge in [-0.25, -0.2) is 0 Å². The van der Waals surface area contributed by atoms with Crippen LogP contribution in [-0.2, 0) is 9.53 Å². The Hall–Kier alpha value is -0.410. The van der Waals surface area contributed by atoms with Crippen LogP contribution in [0.15, 0.2) is 0 Å². The van der Waals surface area contributed by atoms with Crippen molar-refractivity contribution in [3.05, 3.63) is 0 Å². The summed E-state index contributed by atoms with van der Waals surface area (Å²) in [5.74, 6) is 0. The highest BCUT2D eigenvalue weighted by Crippen LogP contribution is 2.15. The number of likely N-dealkylation sites (tertiary alicyclic amines) is 1. The van der Waals surface area contributed by atoms with Crippen molar-refractivity contribution in [1.82, 2.24) is 4.90 Å². The molecule has 3 heteroatoms. The van der Waals surface area contributed by atoms with Crippen LogP contribution in [0.4, 0.5) is 0 Å². The summed E-state index contributed by atoms with van der Waals surface area (Å²) in [7, 11) is 0. The molecule has 0 spiro atoms. The number of hydrogen-bond acceptors (Lipinski definition) is 3. The quantitative estimate of drug-likeness (QED) is 0.668. The van der Waals surface area contributed by atoms with Gasteiger partial charge in [-0.2, -0.15) is 0 Å². The predicted molar refractivity (Wildman–Crippen MR) is 61.0 cm³/mol. The Morgan fingerprint density at radius 3 is 2.73 bits per heavy atom. The maximum atomic E-state index is 10.8. The average molecular weight is 213 g/mol. The zero-order valence-electron chi connectivity index (χ0n) is 10.2. The van der Waals surface area contributed by atoms with Crippen molar-refractivity contribution >= 4 is 6.29 Å². The summed E-state index contributed by atoms with van der Waals surface area (Å²) in [5.41, 5.74) is -0.0769. The van der Waals surface area contributed by atoms with Gasteiger partial charge in [-0.3, -0.25) is 4.90 Å². The number of ether oxygens (including phenoxy) is 1. The van der Waals surface area contributed by atoms with E-state index in [9.17, 15) is 4.79 Å². The normalized spacial score (nSPS) is 24.1. The van der Waals surface area contributed by atoms with Crippen LogP contribution in [0.25, 0.3) is 0 Å². The molecule has 0 N–H and O–H groups in total. The molecule has 0 aliphatic carbocycles. The van der Waals surface area contributed by atoms with Crippen LogP contribution in [0.3, 0.4) is 0 Å². The minimum absolute atomic E-state index is 0.0769. The maximum Gasteiger partial charge on any atom is 0.137 e. The smallest absolute Gasteiger partial charge is 0.137 e. The Bertz CT molecular complexity index is 198. The first-order valence-electron chi connectivity index (χ1n) is 5.86. The van der Waals surface area contributed by atoms with Gasteiger partial charge in [0.1, 0.15) is 6.29 Å². The number of carbonyl (C=O) groups is 1. The molecule has 1 fully saturated rings. The zero-order chi connectivity index (χ0) is 11.3. The highest BCUT2D eigenvalue weighted by Gasteiger charge is 2.21. The fourth-order valence-corrected chi connectivity index (χ4v) is 1.92. The fourth-order valence-electron chi connectivity index (χ4n) is 1.92.